The Morgan fingerprint density at radius 3 is 2.18 bits per heavy atom. The first-order valence-electron chi connectivity index (χ1n) is 9.83. The van der Waals surface area contributed by atoms with Crippen molar-refractivity contribution in [3.05, 3.63) is 96.1 Å². The number of alkyl halides is 3. The summed E-state index contributed by atoms with van der Waals surface area (Å²) in [5.74, 6) is -2.41. The van der Waals surface area contributed by atoms with Gasteiger partial charge in [0.05, 0.1) is 5.71 Å². The summed E-state index contributed by atoms with van der Waals surface area (Å²) in [6.07, 6.45) is -4.99. The maximum absolute atomic E-state index is 13.0. The average Bonchev–Trinajstić information content (AvgIpc) is 2.81. The van der Waals surface area contributed by atoms with Crippen LogP contribution in [0.2, 0.25) is 0 Å². The normalized spacial score (nSPS) is 12.7. The molecule has 0 aliphatic carbocycles. The monoisotopic (exact) mass is 471 g/mol. The maximum atomic E-state index is 13.0. The summed E-state index contributed by atoms with van der Waals surface area (Å²) in [7, 11) is 0. The molecule has 0 saturated carbocycles. The van der Waals surface area contributed by atoms with Gasteiger partial charge in [0.15, 0.2) is 0 Å². The van der Waals surface area contributed by atoms with Crippen molar-refractivity contribution in [2.75, 3.05) is 5.32 Å². The van der Waals surface area contributed by atoms with Crippen molar-refractivity contribution in [2.45, 2.75) is 23.2 Å². The van der Waals surface area contributed by atoms with Crippen LogP contribution in [-0.4, -0.2) is 23.7 Å². The van der Waals surface area contributed by atoms with E-state index in [4.69, 9.17) is 0 Å². The maximum Gasteiger partial charge on any atom is 0.471 e. The Balaban J connectivity index is 1.75. The Bertz CT molecular complexity index is 1140. The van der Waals surface area contributed by atoms with Crippen LogP contribution in [0, 0.1) is 0 Å². The first-order valence-corrected chi connectivity index (χ1v) is 10.7. The molecular formula is C24H20F3N3O2S. The second-order valence-corrected chi connectivity index (χ2v) is 8.11. The first kappa shape index (κ1) is 24.1. The van der Waals surface area contributed by atoms with Crippen LogP contribution >= 0.6 is 11.8 Å². The number of anilines is 1. The van der Waals surface area contributed by atoms with Gasteiger partial charge in [0.2, 0.25) is 0 Å². The number of carbonyl (C=O) groups is 2. The average molecular weight is 472 g/mol. The van der Waals surface area contributed by atoms with Gasteiger partial charge in [-0.05, 0) is 42.3 Å². The molecular weight excluding hydrogens is 451 g/mol. The van der Waals surface area contributed by atoms with Gasteiger partial charge < -0.3 is 5.32 Å². The zero-order chi connectivity index (χ0) is 23.8. The van der Waals surface area contributed by atoms with E-state index in [0.29, 0.717) is 11.3 Å². The molecule has 5 nitrogen and oxygen atoms in total. The van der Waals surface area contributed by atoms with E-state index in [2.05, 4.69) is 10.5 Å². The van der Waals surface area contributed by atoms with Gasteiger partial charge in [0, 0.05) is 10.6 Å². The van der Waals surface area contributed by atoms with Gasteiger partial charge in [-0.1, -0.05) is 60.7 Å². The molecule has 0 saturated heterocycles. The number of rotatable bonds is 7. The molecule has 0 fully saturated rings. The fraction of sp³-hybridized carbons (Fsp3) is 0.125. The number of thioether (sulfide) groups is 1. The van der Waals surface area contributed by atoms with Crippen molar-refractivity contribution in [1.29, 1.82) is 0 Å². The number of hydrogen-bond acceptors (Lipinski definition) is 4. The number of benzene rings is 3. The van der Waals surface area contributed by atoms with Crippen molar-refractivity contribution < 1.29 is 22.8 Å². The number of nitrogens with one attached hydrogen (secondary N) is 2. The summed E-state index contributed by atoms with van der Waals surface area (Å²) in [5.41, 5.74) is 4.12. The number of amides is 2. The van der Waals surface area contributed by atoms with Crippen LogP contribution in [0.25, 0.3) is 0 Å². The van der Waals surface area contributed by atoms with E-state index >= 15 is 0 Å². The molecule has 33 heavy (non-hydrogen) atoms. The molecule has 0 aliphatic heterocycles. The Morgan fingerprint density at radius 1 is 0.909 bits per heavy atom. The molecule has 9 heteroatoms. The fourth-order valence-electron chi connectivity index (χ4n) is 2.82. The van der Waals surface area contributed by atoms with E-state index in [1.165, 1.54) is 30.0 Å². The molecule has 0 unspecified atom stereocenters. The summed E-state index contributed by atoms with van der Waals surface area (Å²) in [6, 6.07) is 24.5. The number of carbonyl (C=O) groups excluding carboxylic acids is 2. The van der Waals surface area contributed by atoms with Crippen LogP contribution in [0.3, 0.4) is 0 Å². The predicted molar refractivity (Wildman–Crippen MR) is 123 cm³/mol. The van der Waals surface area contributed by atoms with Crippen LogP contribution in [-0.2, 0) is 9.59 Å². The van der Waals surface area contributed by atoms with Gasteiger partial charge >= 0.3 is 12.1 Å². The topological polar surface area (TPSA) is 70.6 Å². The molecule has 0 aromatic heterocycles. The third-order valence-corrected chi connectivity index (χ3v) is 5.73. The third-order valence-electron chi connectivity index (χ3n) is 4.47. The molecule has 0 spiro atoms. The van der Waals surface area contributed by atoms with Gasteiger partial charge in [-0.15, -0.1) is 11.8 Å². The lowest BCUT2D eigenvalue weighted by Crippen LogP contribution is -2.30. The zero-order valence-electron chi connectivity index (χ0n) is 17.5. The van der Waals surface area contributed by atoms with Crippen LogP contribution < -0.4 is 10.7 Å². The quantitative estimate of drug-likeness (QED) is 0.269. The number of halogens is 3. The Morgan fingerprint density at radius 2 is 1.55 bits per heavy atom. The van der Waals surface area contributed by atoms with Crippen molar-refractivity contribution in [2.24, 2.45) is 5.10 Å². The molecule has 170 valence electrons. The van der Waals surface area contributed by atoms with E-state index < -0.39 is 17.3 Å². The minimum absolute atomic E-state index is 0.0301. The van der Waals surface area contributed by atoms with E-state index in [-0.39, 0.29) is 11.6 Å². The lowest BCUT2D eigenvalue weighted by molar-refractivity contribution is -0.167. The van der Waals surface area contributed by atoms with Crippen molar-refractivity contribution in [1.82, 2.24) is 5.43 Å². The minimum atomic E-state index is -4.99. The van der Waals surface area contributed by atoms with Crippen molar-refractivity contribution in [3.8, 4) is 0 Å². The number of hydrazone groups is 1. The summed E-state index contributed by atoms with van der Waals surface area (Å²) in [5, 5.41) is 5.35. The molecule has 2 amide bonds. The van der Waals surface area contributed by atoms with E-state index in [0.717, 1.165) is 10.5 Å². The third kappa shape index (κ3) is 6.95. The van der Waals surface area contributed by atoms with Gasteiger partial charge in [-0.25, -0.2) is 5.43 Å². The molecule has 3 rings (SSSR count). The largest absolute Gasteiger partial charge is 0.471 e. The minimum Gasteiger partial charge on any atom is -0.318 e. The molecule has 0 heterocycles. The molecule has 0 aliphatic rings. The van der Waals surface area contributed by atoms with Gasteiger partial charge in [-0.2, -0.15) is 18.3 Å². The van der Waals surface area contributed by atoms with Crippen LogP contribution in [0.4, 0.5) is 18.9 Å². The number of hydrogen-bond donors (Lipinski definition) is 2. The summed E-state index contributed by atoms with van der Waals surface area (Å²) >= 11 is 1.37. The second kappa shape index (κ2) is 10.8. The molecule has 0 radical (unpaired) electrons. The highest BCUT2D eigenvalue weighted by atomic mass is 32.2. The fourth-order valence-corrected chi connectivity index (χ4v) is 3.86. The number of nitrogens with zero attached hydrogens (tertiary/aromatic N) is 1. The molecule has 1 atom stereocenters. The zero-order valence-corrected chi connectivity index (χ0v) is 18.3. The summed E-state index contributed by atoms with van der Waals surface area (Å²) in [6.45, 7) is 1.60. The van der Waals surface area contributed by atoms with Crippen LogP contribution in [0.5, 0.6) is 0 Å². The Kier molecular flexibility index (Phi) is 7.89. The first-order chi connectivity index (χ1) is 15.7. The highest BCUT2D eigenvalue weighted by molar-refractivity contribution is 8.00. The van der Waals surface area contributed by atoms with Crippen molar-refractivity contribution >= 4 is 35.0 Å². The standard InChI is InChI=1S/C24H20F3N3O2S/c1-16(18-11-8-12-19(15-18)28-23(32)24(25,26)27)29-30-22(31)21(17-9-4-2-5-10-17)33-20-13-6-3-7-14-20/h2-15,21H,1H3,(H,28,32)(H,30,31)/b29-16-/t21-/m1/s1. The van der Waals surface area contributed by atoms with Gasteiger partial charge in [0.25, 0.3) is 5.91 Å². The second-order valence-electron chi connectivity index (χ2n) is 6.93. The van der Waals surface area contributed by atoms with E-state index in [1.807, 2.05) is 60.7 Å². The smallest absolute Gasteiger partial charge is 0.318 e. The van der Waals surface area contributed by atoms with Crippen LogP contribution in [0.15, 0.2) is 94.9 Å². The van der Waals surface area contributed by atoms with E-state index in [1.54, 1.807) is 18.3 Å². The molecule has 3 aromatic carbocycles. The molecule has 2 N–H and O–H groups in total. The lowest BCUT2D eigenvalue weighted by atomic mass is 10.1. The SMILES string of the molecule is C/C(=N/NC(=O)[C@H](Sc1ccccc1)c1ccccc1)c1cccc(NC(=O)C(F)(F)F)c1. The summed E-state index contributed by atoms with van der Waals surface area (Å²) < 4.78 is 37.5. The van der Waals surface area contributed by atoms with Crippen LogP contribution in [0.1, 0.15) is 23.3 Å². The highest BCUT2D eigenvalue weighted by Crippen LogP contribution is 2.35. The van der Waals surface area contributed by atoms with Gasteiger partial charge in [-0.3, -0.25) is 9.59 Å². The molecule has 0 bridgehead atoms. The summed E-state index contributed by atoms with van der Waals surface area (Å²) in [4.78, 5) is 25.1. The van der Waals surface area contributed by atoms with Gasteiger partial charge in [0.1, 0.15) is 5.25 Å². The predicted octanol–water partition coefficient (Wildman–Crippen LogP) is 5.56. The molecule has 3 aromatic rings. The Hall–Kier alpha value is -3.59. The van der Waals surface area contributed by atoms with Crippen molar-refractivity contribution in [3.63, 3.8) is 0 Å². The highest BCUT2D eigenvalue weighted by Gasteiger charge is 2.38. The van der Waals surface area contributed by atoms with E-state index in [9.17, 15) is 22.8 Å². The Labute approximate surface area is 193 Å². The lowest BCUT2D eigenvalue weighted by Gasteiger charge is -2.16.